The van der Waals surface area contributed by atoms with Crippen molar-refractivity contribution in [2.24, 2.45) is 10.8 Å². The fourth-order valence-corrected chi connectivity index (χ4v) is 2.67. The number of hydrogen-bond donors (Lipinski definition) is 2. The molecule has 0 saturated heterocycles. The standard InChI is InChI=1S/C16H17ClN4O3S/c1-21(25(2,23)24)14-9-5-12(6-10-14)15(19-20-16(18)22)11-3-7-13(17)8-4-11/h3-10H,1-2H3,(H3,18,20,22). The number of benzene rings is 2. The van der Waals surface area contributed by atoms with Crippen LogP contribution in [-0.4, -0.2) is 33.5 Å². The summed E-state index contributed by atoms with van der Waals surface area (Å²) < 4.78 is 24.4. The number of hydrogen-bond acceptors (Lipinski definition) is 4. The van der Waals surface area contributed by atoms with Crippen LogP contribution in [0.5, 0.6) is 0 Å². The van der Waals surface area contributed by atoms with Gasteiger partial charge in [-0.25, -0.2) is 18.6 Å². The van der Waals surface area contributed by atoms with Crippen LogP contribution in [0.15, 0.2) is 53.6 Å². The molecule has 0 spiro atoms. The highest BCUT2D eigenvalue weighted by Gasteiger charge is 2.13. The Morgan fingerprint density at radius 1 is 1.08 bits per heavy atom. The molecule has 2 aromatic rings. The minimum Gasteiger partial charge on any atom is -0.350 e. The fraction of sp³-hybridized carbons (Fsp3) is 0.125. The summed E-state index contributed by atoms with van der Waals surface area (Å²) in [6, 6.07) is 12.8. The summed E-state index contributed by atoms with van der Waals surface area (Å²) in [6.45, 7) is 0. The molecule has 0 heterocycles. The number of carbonyl (C=O) groups excluding carboxylic acids is 1. The van der Waals surface area contributed by atoms with Gasteiger partial charge in [-0.15, -0.1) is 0 Å². The molecule has 132 valence electrons. The molecule has 9 heteroatoms. The number of amides is 2. The SMILES string of the molecule is CN(c1ccc(C(=NNC(N)=O)c2ccc(Cl)cc2)cc1)S(C)(=O)=O. The van der Waals surface area contributed by atoms with E-state index in [0.29, 0.717) is 27.5 Å². The lowest BCUT2D eigenvalue weighted by Crippen LogP contribution is -2.26. The van der Waals surface area contributed by atoms with Crippen molar-refractivity contribution >= 4 is 39.1 Å². The first kappa shape index (κ1) is 18.8. The molecular weight excluding hydrogens is 364 g/mol. The minimum absolute atomic E-state index is 0.462. The fourth-order valence-electron chi connectivity index (χ4n) is 2.04. The van der Waals surface area contributed by atoms with E-state index in [1.807, 2.05) is 0 Å². The van der Waals surface area contributed by atoms with E-state index >= 15 is 0 Å². The average Bonchev–Trinajstić information content (AvgIpc) is 2.55. The maximum Gasteiger partial charge on any atom is 0.332 e. The number of anilines is 1. The van der Waals surface area contributed by atoms with Crippen molar-refractivity contribution in [1.29, 1.82) is 0 Å². The number of primary amides is 1. The molecule has 3 N–H and O–H groups in total. The van der Waals surface area contributed by atoms with Crippen LogP contribution in [0.25, 0.3) is 0 Å². The van der Waals surface area contributed by atoms with Gasteiger partial charge in [0.15, 0.2) is 0 Å². The minimum atomic E-state index is -3.35. The molecular formula is C16H17ClN4O3S. The van der Waals surface area contributed by atoms with Crippen LogP contribution >= 0.6 is 11.6 Å². The quantitative estimate of drug-likeness (QED) is 0.613. The Morgan fingerprint density at radius 3 is 2.00 bits per heavy atom. The molecule has 25 heavy (non-hydrogen) atoms. The molecule has 0 bridgehead atoms. The number of nitrogens with two attached hydrogens (primary N) is 1. The lowest BCUT2D eigenvalue weighted by Gasteiger charge is -2.17. The lowest BCUT2D eigenvalue weighted by molar-refractivity contribution is 0.249. The van der Waals surface area contributed by atoms with E-state index in [0.717, 1.165) is 10.6 Å². The molecule has 0 radical (unpaired) electrons. The van der Waals surface area contributed by atoms with Gasteiger partial charge in [0.1, 0.15) is 0 Å². The Morgan fingerprint density at radius 2 is 1.56 bits per heavy atom. The Kier molecular flexibility index (Phi) is 5.66. The number of halogens is 1. The topological polar surface area (TPSA) is 105 Å². The summed E-state index contributed by atoms with van der Waals surface area (Å²) in [5.41, 5.74) is 9.63. The van der Waals surface area contributed by atoms with E-state index in [1.165, 1.54) is 7.05 Å². The van der Waals surface area contributed by atoms with Crippen molar-refractivity contribution in [3.8, 4) is 0 Å². The molecule has 0 aliphatic rings. The second kappa shape index (κ2) is 7.54. The molecule has 0 unspecified atom stereocenters. The maximum absolute atomic E-state index is 11.6. The van der Waals surface area contributed by atoms with Gasteiger partial charge in [0.2, 0.25) is 10.0 Å². The van der Waals surface area contributed by atoms with Crippen LogP contribution in [0.1, 0.15) is 11.1 Å². The summed E-state index contributed by atoms with van der Waals surface area (Å²) in [5, 5.41) is 4.60. The van der Waals surface area contributed by atoms with E-state index in [9.17, 15) is 13.2 Å². The summed E-state index contributed by atoms with van der Waals surface area (Å²) >= 11 is 5.90. The van der Waals surface area contributed by atoms with Crippen molar-refractivity contribution in [3.05, 3.63) is 64.7 Å². The highest BCUT2D eigenvalue weighted by atomic mass is 35.5. The Balaban J connectivity index is 2.43. The Labute approximate surface area is 151 Å². The van der Waals surface area contributed by atoms with E-state index in [1.54, 1.807) is 48.5 Å². The van der Waals surface area contributed by atoms with Crippen LogP contribution < -0.4 is 15.5 Å². The summed E-state index contributed by atoms with van der Waals surface area (Å²) in [4.78, 5) is 11.0. The molecule has 0 saturated carbocycles. The van der Waals surface area contributed by atoms with Crippen LogP contribution in [0.3, 0.4) is 0 Å². The number of nitrogens with zero attached hydrogens (tertiary/aromatic N) is 2. The van der Waals surface area contributed by atoms with Crippen molar-refractivity contribution in [3.63, 3.8) is 0 Å². The smallest absolute Gasteiger partial charge is 0.332 e. The van der Waals surface area contributed by atoms with Gasteiger partial charge in [-0.2, -0.15) is 5.10 Å². The zero-order valence-corrected chi connectivity index (χ0v) is 15.2. The highest BCUT2D eigenvalue weighted by molar-refractivity contribution is 7.92. The normalized spacial score (nSPS) is 11.9. The molecule has 7 nitrogen and oxygen atoms in total. The van der Waals surface area contributed by atoms with Gasteiger partial charge in [-0.1, -0.05) is 35.9 Å². The summed E-state index contributed by atoms with van der Waals surface area (Å²) in [6.07, 6.45) is 1.12. The van der Waals surface area contributed by atoms with Crippen LogP contribution in [0, 0.1) is 0 Å². The predicted molar refractivity (Wildman–Crippen MR) is 99.5 cm³/mol. The number of urea groups is 1. The third-order valence-electron chi connectivity index (χ3n) is 3.40. The number of carbonyl (C=O) groups is 1. The van der Waals surface area contributed by atoms with Crippen molar-refractivity contribution < 1.29 is 13.2 Å². The van der Waals surface area contributed by atoms with Gasteiger partial charge in [0, 0.05) is 23.2 Å². The van der Waals surface area contributed by atoms with E-state index in [2.05, 4.69) is 10.5 Å². The van der Waals surface area contributed by atoms with Gasteiger partial charge >= 0.3 is 6.03 Å². The van der Waals surface area contributed by atoms with Gasteiger partial charge in [-0.05, 0) is 24.3 Å². The molecule has 0 aliphatic heterocycles. The van der Waals surface area contributed by atoms with E-state index in [-0.39, 0.29) is 0 Å². The molecule has 0 aliphatic carbocycles. The molecule has 0 fully saturated rings. The third kappa shape index (κ3) is 4.94. The zero-order chi connectivity index (χ0) is 18.6. The Bertz CT molecular complexity index is 894. The van der Waals surface area contributed by atoms with E-state index in [4.69, 9.17) is 17.3 Å². The Hall–Kier alpha value is -2.58. The van der Waals surface area contributed by atoms with Crippen molar-refractivity contribution in [1.82, 2.24) is 5.43 Å². The first-order chi connectivity index (χ1) is 11.7. The maximum atomic E-state index is 11.6. The van der Waals surface area contributed by atoms with Crippen LogP contribution in [0.2, 0.25) is 5.02 Å². The van der Waals surface area contributed by atoms with E-state index < -0.39 is 16.1 Å². The van der Waals surface area contributed by atoms with Gasteiger partial charge in [-0.3, -0.25) is 4.31 Å². The third-order valence-corrected chi connectivity index (χ3v) is 4.86. The monoisotopic (exact) mass is 380 g/mol. The lowest BCUT2D eigenvalue weighted by atomic mass is 10.0. The van der Waals surface area contributed by atoms with Gasteiger partial charge in [0.05, 0.1) is 17.7 Å². The largest absolute Gasteiger partial charge is 0.350 e. The summed E-state index contributed by atoms with van der Waals surface area (Å²) in [7, 11) is -1.89. The molecule has 0 aromatic heterocycles. The number of rotatable bonds is 5. The zero-order valence-electron chi connectivity index (χ0n) is 13.6. The first-order valence-electron chi connectivity index (χ1n) is 7.12. The highest BCUT2D eigenvalue weighted by Crippen LogP contribution is 2.19. The second-order valence-electron chi connectivity index (χ2n) is 5.22. The summed E-state index contributed by atoms with van der Waals surface area (Å²) in [5.74, 6) is 0. The predicted octanol–water partition coefficient (Wildman–Crippen LogP) is 2.16. The number of hydrazone groups is 1. The molecule has 2 rings (SSSR count). The van der Waals surface area contributed by atoms with Gasteiger partial charge < -0.3 is 5.73 Å². The van der Waals surface area contributed by atoms with Crippen molar-refractivity contribution in [2.75, 3.05) is 17.6 Å². The van der Waals surface area contributed by atoms with Crippen LogP contribution in [0.4, 0.5) is 10.5 Å². The number of sulfonamides is 1. The van der Waals surface area contributed by atoms with Crippen LogP contribution in [-0.2, 0) is 10.0 Å². The van der Waals surface area contributed by atoms with Crippen molar-refractivity contribution in [2.45, 2.75) is 0 Å². The molecule has 2 aromatic carbocycles. The molecule has 2 amide bonds. The average molecular weight is 381 g/mol. The second-order valence-corrected chi connectivity index (χ2v) is 7.67. The van der Waals surface area contributed by atoms with Gasteiger partial charge in [0.25, 0.3) is 0 Å². The first-order valence-corrected chi connectivity index (χ1v) is 9.34. The number of nitrogens with one attached hydrogen (secondary N) is 1. The molecule has 0 atom stereocenters.